The Labute approximate surface area is 89.0 Å². The van der Waals surface area contributed by atoms with Gasteiger partial charge in [0.15, 0.2) is 0 Å². The SMILES string of the molecule is N#Cc1ccn(CCC2CCC2)c(=O)c1. The standard InChI is InChI=1S/C12H14N2O/c13-9-11-5-7-14(12(15)8-11)6-4-10-2-1-3-10/h5,7-8,10H,1-4,6H2. The van der Waals surface area contributed by atoms with Crippen LogP contribution in [0, 0.1) is 17.2 Å². The summed E-state index contributed by atoms with van der Waals surface area (Å²) in [4.78, 5) is 11.5. The molecule has 0 unspecified atom stereocenters. The lowest BCUT2D eigenvalue weighted by Gasteiger charge is -2.25. The third kappa shape index (κ3) is 2.27. The first-order chi connectivity index (χ1) is 7.29. The molecule has 0 saturated heterocycles. The van der Waals surface area contributed by atoms with Gasteiger partial charge in [-0.15, -0.1) is 0 Å². The van der Waals surface area contributed by atoms with Gasteiger partial charge >= 0.3 is 0 Å². The second-order valence-electron chi connectivity index (χ2n) is 4.14. The molecule has 0 spiro atoms. The van der Waals surface area contributed by atoms with E-state index in [0.29, 0.717) is 5.56 Å². The predicted octanol–water partition coefficient (Wildman–Crippen LogP) is 1.91. The number of aryl methyl sites for hydroxylation is 1. The summed E-state index contributed by atoms with van der Waals surface area (Å²) in [6.07, 6.45) is 6.77. The molecule has 3 nitrogen and oxygen atoms in total. The van der Waals surface area contributed by atoms with Crippen LogP contribution in [0.15, 0.2) is 23.1 Å². The third-order valence-corrected chi connectivity index (χ3v) is 3.13. The van der Waals surface area contributed by atoms with Crippen molar-refractivity contribution in [3.05, 3.63) is 34.2 Å². The molecule has 0 N–H and O–H groups in total. The average molecular weight is 202 g/mol. The van der Waals surface area contributed by atoms with E-state index in [-0.39, 0.29) is 5.56 Å². The van der Waals surface area contributed by atoms with Crippen molar-refractivity contribution in [2.75, 3.05) is 0 Å². The van der Waals surface area contributed by atoms with Gasteiger partial charge < -0.3 is 4.57 Å². The summed E-state index contributed by atoms with van der Waals surface area (Å²) in [5.74, 6) is 0.813. The van der Waals surface area contributed by atoms with Crippen molar-refractivity contribution in [3.63, 3.8) is 0 Å². The number of nitrogens with zero attached hydrogens (tertiary/aromatic N) is 2. The molecule has 0 aliphatic heterocycles. The number of pyridine rings is 1. The maximum atomic E-state index is 11.5. The first kappa shape index (κ1) is 9.97. The molecule has 1 aromatic heterocycles. The van der Waals surface area contributed by atoms with E-state index in [1.54, 1.807) is 16.8 Å². The van der Waals surface area contributed by atoms with Crippen molar-refractivity contribution in [3.8, 4) is 6.07 Å². The Balaban J connectivity index is 2.02. The van der Waals surface area contributed by atoms with Crippen LogP contribution in [0.5, 0.6) is 0 Å². The molecule has 2 rings (SSSR count). The van der Waals surface area contributed by atoms with Crippen LogP contribution in [0.3, 0.4) is 0 Å². The highest BCUT2D eigenvalue weighted by atomic mass is 16.1. The number of rotatable bonds is 3. The highest BCUT2D eigenvalue weighted by Gasteiger charge is 2.16. The van der Waals surface area contributed by atoms with Gasteiger partial charge in [-0.3, -0.25) is 4.79 Å². The third-order valence-electron chi connectivity index (χ3n) is 3.13. The lowest BCUT2D eigenvalue weighted by Crippen LogP contribution is -2.22. The zero-order valence-electron chi connectivity index (χ0n) is 8.65. The van der Waals surface area contributed by atoms with E-state index in [4.69, 9.17) is 5.26 Å². The monoisotopic (exact) mass is 202 g/mol. The highest BCUT2D eigenvalue weighted by Crippen LogP contribution is 2.29. The first-order valence-electron chi connectivity index (χ1n) is 5.40. The highest BCUT2D eigenvalue weighted by molar-refractivity contribution is 5.25. The van der Waals surface area contributed by atoms with Crippen LogP contribution in [-0.4, -0.2) is 4.57 Å². The quantitative estimate of drug-likeness (QED) is 0.751. The minimum Gasteiger partial charge on any atom is -0.315 e. The molecular weight excluding hydrogens is 188 g/mol. The topological polar surface area (TPSA) is 45.8 Å². The van der Waals surface area contributed by atoms with Crippen molar-refractivity contribution in [2.24, 2.45) is 5.92 Å². The molecule has 1 saturated carbocycles. The van der Waals surface area contributed by atoms with Gasteiger partial charge in [-0.05, 0) is 18.4 Å². The van der Waals surface area contributed by atoms with E-state index >= 15 is 0 Å². The zero-order chi connectivity index (χ0) is 10.7. The molecule has 1 aliphatic rings. The van der Waals surface area contributed by atoms with Gasteiger partial charge in [-0.2, -0.15) is 5.26 Å². The van der Waals surface area contributed by atoms with Gasteiger partial charge in [0.1, 0.15) is 0 Å². The second-order valence-corrected chi connectivity index (χ2v) is 4.14. The lowest BCUT2D eigenvalue weighted by atomic mass is 9.83. The van der Waals surface area contributed by atoms with Crippen LogP contribution in [0.4, 0.5) is 0 Å². The summed E-state index contributed by atoms with van der Waals surface area (Å²) in [6, 6.07) is 5.07. The molecule has 1 aromatic rings. The van der Waals surface area contributed by atoms with Crippen LogP contribution in [0.1, 0.15) is 31.2 Å². The number of nitriles is 1. The van der Waals surface area contributed by atoms with Crippen molar-refractivity contribution in [1.29, 1.82) is 5.26 Å². The Bertz CT molecular complexity index is 438. The molecule has 1 heterocycles. The van der Waals surface area contributed by atoms with Crippen LogP contribution >= 0.6 is 0 Å². The molecule has 15 heavy (non-hydrogen) atoms. The molecule has 0 atom stereocenters. The maximum Gasteiger partial charge on any atom is 0.251 e. The van der Waals surface area contributed by atoms with Gasteiger partial charge in [-0.1, -0.05) is 19.3 Å². The average Bonchev–Trinajstić information content (AvgIpc) is 2.18. The van der Waals surface area contributed by atoms with Crippen LogP contribution in [0.2, 0.25) is 0 Å². The fourth-order valence-corrected chi connectivity index (χ4v) is 1.87. The fourth-order valence-electron chi connectivity index (χ4n) is 1.87. The Hall–Kier alpha value is -1.56. The summed E-state index contributed by atoms with van der Waals surface area (Å²) in [5.41, 5.74) is 0.383. The summed E-state index contributed by atoms with van der Waals surface area (Å²) < 4.78 is 1.69. The van der Waals surface area contributed by atoms with Gasteiger partial charge in [-0.25, -0.2) is 0 Å². The Morgan fingerprint density at radius 1 is 1.53 bits per heavy atom. The maximum absolute atomic E-state index is 11.5. The van der Waals surface area contributed by atoms with Gasteiger partial charge in [0.2, 0.25) is 0 Å². The lowest BCUT2D eigenvalue weighted by molar-refractivity contribution is 0.281. The van der Waals surface area contributed by atoms with Gasteiger partial charge in [0.25, 0.3) is 5.56 Å². The molecule has 0 aromatic carbocycles. The minimum atomic E-state index is -0.0617. The summed E-state index contributed by atoms with van der Waals surface area (Å²) in [5, 5.41) is 8.62. The van der Waals surface area contributed by atoms with Gasteiger partial charge in [0.05, 0.1) is 11.6 Å². The minimum absolute atomic E-state index is 0.0617. The van der Waals surface area contributed by atoms with E-state index in [9.17, 15) is 4.79 Å². The smallest absolute Gasteiger partial charge is 0.251 e. The van der Waals surface area contributed by atoms with E-state index in [2.05, 4.69) is 0 Å². The normalized spacial score (nSPS) is 15.7. The molecule has 78 valence electrons. The first-order valence-corrected chi connectivity index (χ1v) is 5.40. The molecule has 3 heteroatoms. The summed E-state index contributed by atoms with van der Waals surface area (Å²) in [6.45, 7) is 0.787. The summed E-state index contributed by atoms with van der Waals surface area (Å²) in [7, 11) is 0. The molecule has 1 fully saturated rings. The number of hydrogen-bond donors (Lipinski definition) is 0. The van der Waals surface area contributed by atoms with E-state index in [1.165, 1.54) is 25.3 Å². The molecule has 0 radical (unpaired) electrons. The molecule has 1 aliphatic carbocycles. The predicted molar refractivity (Wildman–Crippen MR) is 57.4 cm³/mol. The van der Waals surface area contributed by atoms with Crippen molar-refractivity contribution >= 4 is 0 Å². The zero-order valence-corrected chi connectivity index (χ0v) is 8.65. The number of hydrogen-bond acceptors (Lipinski definition) is 2. The van der Waals surface area contributed by atoms with Crippen molar-refractivity contribution in [2.45, 2.75) is 32.2 Å². The van der Waals surface area contributed by atoms with Crippen LogP contribution < -0.4 is 5.56 Å². The Kier molecular flexibility index (Phi) is 2.86. The Morgan fingerprint density at radius 3 is 2.87 bits per heavy atom. The largest absolute Gasteiger partial charge is 0.315 e. The number of aromatic nitrogens is 1. The van der Waals surface area contributed by atoms with Crippen LogP contribution in [0.25, 0.3) is 0 Å². The Morgan fingerprint density at radius 2 is 2.33 bits per heavy atom. The summed E-state index contributed by atoms with van der Waals surface area (Å²) >= 11 is 0. The molecule has 0 bridgehead atoms. The van der Waals surface area contributed by atoms with Gasteiger partial charge in [0, 0.05) is 18.8 Å². The van der Waals surface area contributed by atoms with E-state index < -0.39 is 0 Å². The van der Waals surface area contributed by atoms with Crippen molar-refractivity contribution < 1.29 is 0 Å². The van der Waals surface area contributed by atoms with E-state index in [0.717, 1.165) is 18.9 Å². The second kappa shape index (κ2) is 4.31. The van der Waals surface area contributed by atoms with Crippen LogP contribution in [-0.2, 0) is 6.54 Å². The fraction of sp³-hybridized carbons (Fsp3) is 0.500. The molecule has 0 amide bonds. The van der Waals surface area contributed by atoms with Crippen molar-refractivity contribution in [1.82, 2.24) is 4.57 Å². The molecular formula is C12H14N2O. The van der Waals surface area contributed by atoms with E-state index in [1.807, 2.05) is 6.07 Å².